The number of carbonyl (C=O) groups is 2. The number of amides is 3. The van der Waals surface area contributed by atoms with Gasteiger partial charge in [0.05, 0.1) is 0 Å². The molecule has 3 N–H and O–H groups in total. The van der Waals surface area contributed by atoms with Gasteiger partial charge in [-0.1, -0.05) is 48.0 Å². The first kappa shape index (κ1) is 20.9. The van der Waals surface area contributed by atoms with Crippen molar-refractivity contribution in [2.75, 3.05) is 17.2 Å². The van der Waals surface area contributed by atoms with Crippen molar-refractivity contribution in [3.8, 4) is 5.75 Å². The molecule has 0 heterocycles. The van der Waals surface area contributed by atoms with Gasteiger partial charge in [0, 0.05) is 24.0 Å². The molecule has 0 bridgehead atoms. The number of aryl methyl sites for hydroxylation is 2. The Morgan fingerprint density at radius 1 is 0.833 bits per heavy atom. The molecule has 0 aliphatic heterocycles. The van der Waals surface area contributed by atoms with Crippen LogP contribution >= 0.6 is 0 Å². The van der Waals surface area contributed by atoms with E-state index >= 15 is 0 Å². The summed E-state index contributed by atoms with van der Waals surface area (Å²) in [5.41, 5.74) is 4.68. The SMILES string of the molecule is Cc1ccc(CNC(=O)Nc2cccc(OCC(=O)Nc3ccccc3)c2)c(C)c1. The third kappa shape index (κ3) is 6.38. The zero-order chi connectivity index (χ0) is 21.3. The number of para-hydroxylation sites is 1. The molecule has 3 amide bonds. The second-order valence-electron chi connectivity index (χ2n) is 6.97. The zero-order valence-corrected chi connectivity index (χ0v) is 17.1. The minimum absolute atomic E-state index is 0.128. The van der Waals surface area contributed by atoms with Crippen LogP contribution in [-0.4, -0.2) is 18.5 Å². The molecule has 0 spiro atoms. The van der Waals surface area contributed by atoms with E-state index < -0.39 is 0 Å². The number of ether oxygens (including phenoxy) is 1. The number of benzene rings is 3. The van der Waals surface area contributed by atoms with E-state index in [0.717, 1.165) is 11.1 Å². The van der Waals surface area contributed by atoms with Crippen LogP contribution in [0.15, 0.2) is 72.8 Å². The van der Waals surface area contributed by atoms with Crippen LogP contribution in [0.4, 0.5) is 16.2 Å². The van der Waals surface area contributed by atoms with E-state index in [2.05, 4.69) is 22.0 Å². The molecule has 6 heteroatoms. The van der Waals surface area contributed by atoms with Crippen molar-refractivity contribution in [3.05, 3.63) is 89.5 Å². The van der Waals surface area contributed by atoms with Crippen LogP contribution in [0.5, 0.6) is 5.75 Å². The van der Waals surface area contributed by atoms with Gasteiger partial charge >= 0.3 is 6.03 Å². The fourth-order valence-corrected chi connectivity index (χ4v) is 2.93. The third-order valence-electron chi connectivity index (χ3n) is 4.46. The predicted molar refractivity (Wildman–Crippen MR) is 119 cm³/mol. The second kappa shape index (κ2) is 10.1. The molecular formula is C24H25N3O3. The van der Waals surface area contributed by atoms with Crippen LogP contribution < -0.4 is 20.7 Å². The molecule has 30 heavy (non-hydrogen) atoms. The van der Waals surface area contributed by atoms with E-state index in [1.807, 2.05) is 44.2 Å². The van der Waals surface area contributed by atoms with Gasteiger partial charge in [0.15, 0.2) is 6.61 Å². The Labute approximate surface area is 176 Å². The Morgan fingerprint density at radius 2 is 1.60 bits per heavy atom. The highest BCUT2D eigenvalue weighted by molar-refractivity contribution is 5.92. The van der Waals surface area contributed by atoms with Gasteiger partial charge < -0.3 is 20.7 Å². The zero-order valence-electron chi connectivity index (χ0n) is 17.1. The number of hydrogen-bond acceptors (Lipinski definition) is 3. The summed E-state index contributed by atoms with van der Waals surface area (Å²) in [7, 11) is 0. The normalized spacial score (nSPS) is 10.2. The molecule has 3 aromatic carbocycles. The molecule has 0 fully saturated rings. The molecule has 0 saturated heterocycles. The molecule has 3 aromatic rings. The molecule has 0 aliphatic carbocycles. The van der Waals surface area contributed by atoms with Crippen molar-refractivity contribution in [1.82, 2.24) is 5.32 Å². The molecule has 0 aliphatic rings. The lowest BCUT2D eigenvalue weighted by atomic mass is 10.1. The average Bonchev–Trinajstić information content (AvgIpc) is 2.73. The Kier molecular flexibility index (Phi) is 7.05. The third-order valence-corrected chi connectivity index (χ3v) is 4.46. The Morgan fingerprint density at radius 3 is 2.37 bits per heavy atom. The minimum atomic E-state index is -0.311. The predicted octanol–water partition coefficient (Wildman–Crippen LogP) is 4.64. The lowest BCUT2D eigenvalue weighted by Crippen LogP contribution is -2.28. The smallest absolute Gasteiger partial charge is 0.319 e. The maximum absolute atomic E-state index is 12.2. The van der Waals surface area contributed by atoms with Gasteiger partial charge in [0.2, 0.25) is 0 Å². The summed E-state index contributed by atoms with van der Waals surface area (Å²) in [5.74, 6) is 0.233. The number of urea groups is 1. The summed E-state index contributed by atoms with van der Waals surface area (Å²) in [4.78, 5) is 24.2. The molecule has 0 radical (unpaired) electrons. The quantitative estimate of drug-likeness (QED) is 0.538. The van der Waals surface area contributed by atoms with Crippen molar-refractivity contribution in [2.45, 2.75) is 20.4 Å². The summed E-state index contributed by atoms with van der Waals surface area (Å²) in [6.07, 6.45) is 0. The Balaban J connectivity index is 1.48. The van der Waals surface area contributed by atoms with Gasteiger partial charge in [-0.25, -0.2) is 4.79 Å². The van der Waals surface area contributed by atoms with E-state index in [0.29, 0.717) is 23.7 Å². The molecule has 0 atom stereocenters. The molecule has 0 aromatic heterocycles. The van der Waals surface area contributed by atoms with Crippen LogP contribution in [0.1, 0.15) is 16.7 Å². The number of nitrogens with one attached hydrogen (secondary N) is 3. The molecule has 3 rings (SSSR count). The van der Waals surface area contributed by atoms with Gasteiger partial charge in [-0.15, -0.1) is 0 Å². The fraction of sp³-hybridized carbons (Fsp3) is 0.167. The highest BCUT2D eigenvalue weighted by Gasteiger charge is 2.07. The molecule has 0 saturated carbocycles. The summed E-state index contributed by atoms with van der Waals surface area (Å²) in [6, 6.07) is 21.9. The largest absolute Gasteiger partial charge is 0.484 e. The van der Waals surface area contributed by atoms with Crippen LogP contribution in [0, 0.1) is 13.8 Å². The minimum Gasteiger partial charge on any atom is -0.484 e. The molecule has 6 nitrogen and oxygen atoms in total. The average molecular weight is 403 g/mol. The van der Waals surface area contributed by atoms with Gasteiger partial charge in [-0.2, -0.15) is 0 Å². The second-order valence-corrected chi connectivity index (χ2v) is 6.97. The van der Waals surface area contributed by atoms with Gasteiger partial charge in [0.1, 0.15) is 5.75 Å². The monoisotopic (exact) mass is 403 g/mol. The molecule has 154 valence electrons. The van der Waals surface area contributed by atoms with Crippen LogP contribution in [0.3, 0.4) is 0 Å². The molecular weight excluding hydrogens is 378 g/mol. The van der Waals surface area contributed by atoms with Gasteiger partial charge in [0.25, 0.3) is 5.91 Å². The first-order chi connectivity index (χ1) is 14.5. The Hall–Kier alpha value is -3.80. The lowest BCUT2D eigenvalue weighted by molar-refractivity contribution is -0.118. The summed E-state index contributed by atoms with van der Waals surface area (Å²) in [5, 5.41) is 8.39. The first-order valence-corrected chi connectivity index (χ1v) is 9.68. The topological polar surface area (TPSA) is 79.5 Å². The van der Waals surface area contributed by atoms with E-state index in [1.165, 1.54) is 5.56 Å². The van der Waals surface area contributed by atoms with Crippen molar-refractivity contribution in [2.24, 2.45) is 0 Å². The van der Waals surface area contributed by atoms with Crippen molar-refractivity contribution in [3.63, 3.8) is 0 Å². The van der Waals surface area contributed by atoms with Crippen LogP contribution in [0.2, 0.25) is 0 Å². The van der Waals surface area contributed by atoms with Crippen molar-refractivity contribution in [1.29, 1.82) is 0 Å². The Bertz CT molecular complexity index is 1020. The molecule has 0 unspecified atom stereocenters. The van der Waals surface area contributed by atoms with E-state index in [1.54, 1.807) is 36.4 Å². The van der Waals surface area contributed by atoms with Crippen LogP contribution in [-0.2, 0) is 11.3 Å². The number of anilines is 2. The van der Waals surface area contributed by atoms with Gasteiger partial charge in [-0.3, -0.25) is 4.79 Å². The van der Waals surface area contributed by atoms with E-state index in [-0.39, 0.29) is 18.5 Å². The lowest BCUT2D eigenvalue weighted by Gasteiger charge is -2.11. The maximum atomic E-state index is 12.2. The van der Waals surface area contributed by atoms with E-state index in [9.17, 15) is 9.59 Å². The summed E-state index contributed by atoms with van der Waals surface area (Å²) >= 11 is 0. The highest BCUT2D eigenvalue weighted by Crippen LogP contribution is 2.17. The standard InChI is InChI=1S/C24H25N3O3/c1-17-11-12-19(18(2)13-17)15-25-24(29)27-21-9-6-10-22(14-21)30-16-23(28)26-20-7-4-3-5-8-20/h3-14H,15-16H2,1-2H3,(H,26,28)(H2,25,27,29). The van der Waals surface area contributed by atoms with E-state index in [4.69, 9.17) is 4.74 Å². The van der Waals surface area contributed by atoms with Gasteiger partial charge in [-0.05, 0) is 49.2 Å². The van der Waals surface area contributed by atoms with Crippen molar-refractivity contribution < 1.29 is 14.3 Å². The fourth-order valence-electron chi connectivity index (χ4n) is 2.93. The van der Waals surface area contributed by atoms with Crippen molar-refractivity contribution >= 4 is 23.3 Å². The number of hydrogen-bond donors (Lipinski definition) is 3. The maximum Gasteiger partial charge on any atom is 0.319 e. The first-order valence-electron chi connectivity index (χ1n) is 9.68. The number of rotatable bonds is 7. The van der Waals surface area contributed by atoms with Crippen LogP contribution in [0.25, 0.3) is 0 Å². The number of carbonyl (C=O) groups excluding carboxylic acids is 2. The highest BCUT2D eigenvalue weighted by atomic mass is 16.5. The summed E-state index contributed by atoms with van der Waals surface area (Å²) in [6.45, 7) is 4.37. The summed E-state index contributed by atoms with van der Waals surface area (Å²) < 4.78 is 5.53.